The van der Waals surface area contributed by atoms with Crippen LogP contribution in [0, 0.1) is 20.8 Å². The number of carbonyl (C=O) groups excluding carboxylic acids is 1. The molecular weight excluding hydrogens is 430 g/mol. The Morgan fingerprint density at radius 3 is 2.44 bits per heavy atom. The van der Waals surface area contributed by atoms with Gasteiger partial charge in [0.25, 0.3) is 5.91 Å². The van der Waals surface area contributed by atoms with Crippen LogP contribution in [0.5, 0.6) is 11.5 Å². The minimum Gasteiger partial charge on any atom is -0.493 e. The van der Waals surface area contributed by atoms with Crippen molar-refractivity contribution in [2.75, 3.05) is 14.2 Å². The molecule has 2 heterocycles. The summed E-state index contributed by atoms with van der Waals surface area (Å²) in [7, 11) is 3.36. The summed E-state index contributed by atoms with van der Waals surface area (Å²) in [5, 5.41) is 4.73. The second-order valence-corrected chi connectivity index (χ2v) is 8.21. The van der Waals surface area contributed by atoms with E-state index in [0.717, 1.165) is 28.2 Å². The molecule has 0 saturated carbocycles. The first kappa shape index (κ1) is 23.2. The molecule has 7 nitrogen and oxygen atoms in total. The van der Waals surface area contributed by atoms with E-state index >= 15 is 0 Å². The number of nitrogens with zero attached hydrogens (tertiary/aromatic N) is 3. The molecule has 7 heteroatoms. The number of amides is 1. The third-order valence-electron chi connectivity index (χ3n) is 5.84. The number of rotatable bonds is 8. The van der Waals surface area contributed by atoms with Crippen molar-refractivity contribution >= 4 is 5.91 Å². The second kappa shape index (κ2) is 9.87. The van der Waals surface area contributed by atoms with Gasteiger partial charge < -0.3 is 18.8 Å². The summed E-state index contributed by atoms with van der Waals surface area (Å²) in [4.78, 5) is 14.7. The van der Waals surface area contributed by atoms with E-state index in [4.69, 9.17) is 19.0 Å². The topological polar surface area (TPSA) is 69.7 Å². The molecule has 2 aromatic heterocycles. The molecule has 34 heavy (non-hydrogen) atoms. The fourth-order valence-corrected chi connectivity index (χ4v) is 3.89. The van der Waals surface area contributed by atoms with E-state index in [9.17, 15) is 4.79 Å². The van der Waals surface area contributed by atoms with Gasteiger partial charge in [-0.2, -0.15) is 5.10 Å². The highest BCUT2D eigenvalue weighted by Gasteiger charge is 2.21. The van der Waals surface area contributed by atoms with E-state index in [1.807, 2.05) is 61.0 Å². The molecule has 2 aromatic carbocycles. The van der Waals surface area contributed by atoms with Crippen LogP contribution in [-0.2, 0) is 13.2 Å². The molecule has 1 amide bonds. The fraction of sp³-hybridized carbons (Fsp3) is 0.259. The predicted molar refractivity (Wildman–Crippen MR) is 130 cm³/mol. The summed E-state index contributed by atoms with van der Waals surface area (Å²) in [6.07, 6.45) is 0. The molecule has 0 unspecified atom stereocenters. The highest BCUT2D eigenvalue weighted by Crippen LogP contribution is 2.27. The molecule has 4 rings (SSSR count). The summed E-state index contributed by atoms with van der Waals surface area (Å²) in [5.74, 6) is 1.88. The van der Waals surface area contributed by atoms with Gasteiger partial charge >= 0.3 is 0 Å². The number of aromatic nitrogens is 2. The first-order chi connectivity index (χ1) is 16.4. The standard InChI is InChI=1S/C27H29N3O4/c1-18-10-6-7-11-23(18)30-20(3)22(19(2)28-30)16-29(4)27(31)26-15-14-21(34-26)17-33-25-13-9-8-12-24(25)32-5/h6-15H,16-17H2,1-5H3. The lowest BCUT2D eigenvalue weighted by atomic mass is 10.1. The first-order valence-corrected chi connectivity index (χ1v) is 11.1. The average molecular weight is 460 g/mol. The Kier molecular flexibility index (Phi) is 6.72. The Hall–Kier alpha value is -4.00. The average Bonchev–Trinajstić information content (AvgIpc) is 3.43. The summed E-state index contributed by atoms with van der Waals surface area (Å²) >= 11 is 0. The van der Waals surface area contributed by atoms with Crippen molar-refractivity contribution in [3.8, 4) is 17.2 Å². The number of furan rings is 1. The molecule has 0 fully saturated rings. The molecule has 0 aliphatic rings. The van der Waals surface area contributed by atoms with Crippen molar-refractivity contribution in [2.24, 2.45) is 0 Å². The van der Waals surface area contributed by atoms with E-state index in [-0.39, 0.29) is 18.3 Å². The van der Waals surface area contributed by atoms with Gasteiger partial charge in [-0.15, -0.1) is 0 Å². The maximum Gasteiger partial charge on any atom is 0.289 e. The zero-order valence-electron chi connectivity index (χ0n) is 20.2. The third-order valence-corrected chi connectivity index (χ3v) is 5.84. The van der Waals surface area contributed by atoms with Gasteiger partial charge in [0.2, 0.25) is 0 Å². The molecule has 0 bridgehead atoms. The number of methoxy groups -OCH3 is 1. The number of aryl methyl sites for hydroxylation is 2. The fourth-order valence-electron chi connectivity index (χ4n) is 3.89. The molecule has 0 N–H and O–H groups in total. The molecular formula is C27H29N3O4. The van der Waals surface area contributed by atoms with Crippen LogP contribution < -0.4 is 9.47 Å². The number of hydrogen-bond acceptors (Lipinski definition) is 5. The molecule has 0 spiro atoms. The Labute approximate surface area is 199 Å². The number of para-hydroxylation sites is 3. The van der Waals surface area contributed by atoms with Gasteiger partial charge in [0.05, 0.1) is 18.5 Å². The lowest BCUT2D eigenvalue weighted by molar-refractivity contribution is 0.0749. The molecule has 0 saturated heterocycles. The van der Waals surface area contributed by atoms with Crippen LogP contribution in [0.2, 0.25) is 0 Å². The van der Waals surface area contributed by atoms with Crippen LogP contribution in [-0.4, -0.2) is 34.7 Å². The SMILES string of the molecule is COc1ccccc1OCc1ccc(C(=O)N(C)Cc2c(C)nn(-c3ccccc3C)c2C)o1. The normalized spacial score (nSPS) is 10.9. The minimum atomic E-state index is -0.203. The summed E-state index contributed by atoms with van der Waals surface area (Å²) in [6.45, 7) is 6.68. The van der Waals surface area contributed by atoms with Crippen LogP contribution >= 0.6 is 0 Å². The smallest absolute Gasteiger partial charge is 0.289 e. The van der Waals surface area contributed by atoms with Crippen LogP contribution in [0.1, 0.15) is 38.8 Å². The van der Waals surface area contributed by atoms with E-state index in [1.165, 1.54) is 0 Å². The van der Waals surface area contributed by atoms with Gasteiger partial charge in [-0.05, 0) is 56.7 Å². The summed E-state index contributed by atoms with van der Waals surface area (Å²) in [6, 6.07) is 18.9. The molecule has 4 aromatic rings. The zero-order chi connectivity index (χ0) is 24.2. The summed E-state index contributed by atoms with van der Waals surface area (Å²) in [5.41, 5.74) is 5.10. The van der Waals surface area contributed by atoms with Gasteiger partial charge in [0, 0.05) is 24.8 Å². The van der Waals surface area contributed by atoms with E-state index < -0.39 is 0 Å². The number of benzene rings is 2. The molecule has 0 aliphatic carbocycles. The number of hydrogen-bond donors (Lipinski definition) is 0. The lowest BCUT2D eigenvalue weighted by Gasteiger charge is -2.16. The Bertz CT molecular complexity index is 1300. The monoisotopic (exact) mass is 459 g/mol. The van der Waals surface area contributed by atoms with Crippen molar-refractivity contribution in [1.29, 1.82) is 0 Å². The Morgan fingerprint density at radius 1 is 1.00 bits per heavy atom. The maximum absolute atomic E-state index is 13.0. The van der Waals surface area contributed by atoms with Crippen LogP contribution in [0.4, 0.5) is 0 Å². The predicted octanol–water partition coefficient (Wildman–Crippen LogP) is 5.25. The van der Waals surface area contributed by atoms with Gasteiger partial charge in [-0.1, -0.05) is 30.3 Å². The van der Waals surface area contributed by atoms with Crippen LogP contribution in [0.15, 0.2) is 65.1 Å². The quantitative estimate of drug-likeness (QED) is 0.360. The Balaban J connectivity index is 1.45. The minimum absolute atomic E-state index is 0.193. The van der Waals surface area contributed by atoms with Crippen LogP contribution in [0.3, 0.4) is 0 Å². The maximum atomic E-state index is 13.0. The van der Waals surface area contributed by atoms with Crippen molar-refractivity contribution in [3.63, 3.8) is 0 Å². The van der Waals surface area contributed by atoms with Gasteiger partial charge in [0.15, 0.2) is 17.3 Å². The highest BCUT2D eigenvalue weighted by atomic mass is 16.5. The van der Waals surface area contributed by atoms with E-state index in [1.54, 1.807) is 31.2 Å². The van der Waals surface area contributed by atoms with Gasteiger partial charge in [0.1, 0.15) is 12.4 Å². The van der Waals surface area contributed by atoms with Gasteiger partial charge in [-0.25, -0.2) is 4.68 Å². The third kappa shape index (κ3) is 4.69. The van der Waals surface area contributed by atoms with Crippen molar-refractivity contribution in [1.82, 2.24) is 14.7 Å². The lowest BCUT2D eigenvalue weighted by Crippen LogP contribution is -2.26. The first-order valence-electron chi connectivity index (χ1n) is 11.1. The largest absolute Gasteiger partial charge is 0.493 e. The van der Waals surface area contributed by atoms with E-state index in [2.05, 4.69) is 13.0 Å². The Morgan fingerprint density at radius 2 is 1.71 bits per heavy atom. The molecule has 0 aliphatic heterocycles. The number of carbonyl (C=O) groups is 1. The van der Waals surface area contributed by atoms with Crippen molar-refractivity contribution in [3.05, 3.63) is 94.7 Å². The molecule has 176 valence electrons. The zero-order valence-corrected chi connectivity index (χ0v) is 20.2. The van der Waals surface area contributed by atoms with Crippen molar-refractivity contribution in [2.45, 2.75) is 33.9 Å². The molecule has 0 radical (unpaired) electrons. The van der Waals surface area contributed by atoms with E-state index in [0.29, 0.717) is 23.8 Å². The van der Waals surface area contributed by atoms with Crippen LogP contribution in [0.25, 0.3) is 5.69 Å². The molecule has 0 atom stereocenters. The second-order valence-electron chi connectivity index (χ2n) is 8.21. The highest BCUT2D eigenvalue weighted by molar-refractivity contribution is 5.91. The van der Waals surface area contributed by atoms with Gasteiger partial charge in [-0.3, -0.25) is 4.79 Å². The number of ether oxygens (including phenoxy) is 2. The van der Waals surface area contributed by atoms with Crippen molar-refractivity contribution < 1.29 is 18.7 Å². The summed E-state index contributed by atoms with van der Waals surface area (Å²) < 4.78 is 18.8.